The van der Waals surface area contributed by atoms with Crippen LogP contribution in [0.15, 0.2) is 36.4 Å². The number of carbonyl (C=O) groups is 1. The van der Waals surface area contributed by atoms with Crippen LogP contribution in [-0.2, 0) is 25.4 Å². The molecule has 2 aromatic carbocycles. The fraction of sp³-hybridized carbons (Fsp3) is 0.581. The molecule has 0 radical (unpaired) electrons. The van der Waals surface area contributed by atoms with Gasteiger partial charge in [0.25, 0.3) is 0 Å². The van der Waals surface area contributed by atoms with Gasteiger partial charge in [-0.15, -0.1) is 0 Å². The summed E-state index contributed by atoms with van der Waals surface area (Å²) in [5, 5.41) is 11.2. The van der Waals surface area contributed by atoms with Gasteiger partial charge >= 0.3 is 6.03 Å². The first-order valence-corrected chi connectivity index (χ1v) is 17.6. The van der Waals surface area contributed by atoms with Crippen LogP contribution in [0.25, 0.3) is 0 Å². The Morgan fingerprint density at radius 3 is 2.36 bits per heavy atom. The number of nitrogens with zero attached hydrogens (tertiary/aromatic N) is 1. The molecule has 0 bridgehead atoms. The third-order valence-electron chi connectivity index (χ3n) is 7.09. The molecule has 44 heavy (non-hydrogen) atoms. The van der Waals surface area contributed by atoms with Crippen molar-refractivity contribution in [2.75, 3.05) is 93.1 Å². The third-order valence-corrected chi connectivity index (χ3v) is 9.06. The zero-order valence-electron chi connectivity index (χ0n) is 26.1. The lowest BCUT2D eigenvalue weighted by Gasteiger charge is -2.33. The van der Waals surface area contributed by atoms with Crippen molar-refractivity contribution in [2.24, 2.45) is 0 Å². The average Bonchev–Trinajstić information content (AvgIpc) is 3.01. The Balaban J connectivity index is 1.21. The summed E-state index contributed by atoms with van der Waals surface area (Å²) in [7, 11) is 3.19. The molecule has 0 aliphatic carbocycles. The van der Waals surface area contributed by atoms with Crippen LogP contribution in [0.4, 0.5) is 4.79 Å². The van der Waals surface area contributed by atoms with E-state index in [1.165, 1.54) is 11.1 Å². The second-order valence-corrected chi connectivity index (χ2v) is 13.2. The van der Waals surface area contributed by atoms with Crippen LogP contribution in [0.3, 0.4) is 0 Å². The molecule has 1 aliphatic heterocycles. The van der Waals surface area contributed by atoms with Crippen LogP contribution in [0, 0.1) is 0 Å². The van der Waals surface area contributed by atoms with E-state index in [1.807, 2.05) is 13.1 Å². The van der Waals surface area contributed by atoms with Crippen molar-refractivity contribution in [1.82, 2.24) is 26.3 Å². The lowest BCUT2D eigenvalue weighted by Crippen LogP contribution is -2.38. The number of carbonyl (C=O) groups excluding carboxylic acids is 1. The summed E-state index contributed by atoms with van der Waals surface area (Å²) in [5.41, 5.74) is 6.62. The third kappa shape index (κ3) is 13.4. The molecule has 10 nitrogen and oxygen atoms in total. The quantitative estimate of drug-likeness (QED) is 0.0894. The molecule has 1 heterocycles. The monoisotopic (exact) mass is 671 g/mol. The molecule has 3 rings (SSSR count). The average molecular weight is 673 g/mol. The van der Waals surface area contributed by atoms with Gasteiger partial charge in [-0.3, -0.25) is 4.62 Å². The molecule has 0 aromatic heterocycles. The molecule has 13 heteroatoms. The number of halogens is 2. The Bertz CT molecular complexity index is 1130. The lowest BCUT2D eigenvalue weighted by atomic mass is 9.85. The van der Waals surface area contributed by atoms with Gasteiger partial charge in [0.15, 0.2) is 0 Å². The normalized spacial score (nSPS) is 15.6. The van der Waals surface area contributed by atoms with E-state index in [4.69, 9.17) is 42.0 Å². The van der Waals surface area contributed by atoms with Gasteiger partial charge in [0, 0.05) is 54.0 Å². The molecule has 4 N–H and O–H groups in total. The van der Waals surface area contributed by atoms with E-state index in [9.17, 15) is 4.79 Å². The first kappa shape index (κ1) is 36.9. The number of fused-ring (bicyclic) bond motifs is 1. The van der Waals surface area contributed by atoms with Gasteiger partial charge in [-0.1, -0.05) is 41.4 Å². The standard InChI is InChI=1S/C31H48Cl2N5O5P/c1-34-9-4-5-10-35-31(39)36-11-13-40-15-17-42-18-16-41-14-12-37-43-44(3)26-8-6-7-24(19-26)28-22-38(2)23-29-27(28)20-25(32)21-30(29)33/h6-8,19-21,28,34,37H,4-5,9-18,22-23H2,1-3H3,(H2,35,36,39). The maximum absolute atomic E-state index is 11.7. The van der Waals surface area contributed by atoms with E-state index in [0.29, 0.717) is 64.3 Å². The van der Waals surface area contributed by atoms with Gasteiger partial charge in [-0.05, 0) is 75.0 Å². The maximum atomic E-state index is 11.7. The summed E-state index contributed by atoms with van der Waals surface area (Å²) in [6.07, 6.45) is 1.99. The van der Waals surface area contributed by atoms with Crippen molar-refractivity contribution >= 4 is 42.7 Å². The Kier molecular flexibility index (Phi) is 17.8. The maximum Gasteiger partial charge on any atom is 0.314 e. The van der Waals surface area contributed by atoms with Gasteiger partial charge in [-0.25, -0.2) is 4.79 Å². The number of likely N-dealkylation sites (N-methyl/N-ethyl adjacent to an activating group) is 1. The molecule has 2 atom stereocenters. The minimum atomic E-state index is -0.852. The molecular formula is C31H48Cl2N5O5P. The van der Waals surface area contributed by atoms with Crippen LogP contribution in [0.1, 0.15) is 35.4 Å². The Hall–Kier alpha value is -1.56. The number of hydroxylamine groups is 1. The molecule has 0 spiro atoms. The molecular weight excluding hydrogens is 624 g/mol. The molecule has 2 aromatic rings. The zero-order valence-corrected chi connectivity index (χ0v) is 28.5. The summed E-state index contributed by atoms with van der Waals surface area (Å²) in [6, 6.07) is 12.3. The lowest BCUT2D eigenvalue weighted by molar-refractivity contribution is 0.0128. The van der Waals surface area contributed by atoms with Crippen LogP contribution in [0.5, 0.6) is 0 Å². The van der Waals surface area contributed by atoms with Gasteiger partial charge in [-0.2, -0.15) is 5.48 Å². The second kappa shape index (κ2) is 21.3. The number of nitrogens with one attached hydrogen (secondary N) is 4. The van der Waals surface area contributed by atoms with Crippen molar-refractivity contribution in [2.45, 2.75) is 25.3 Å². The first-order chi connectivity index (χ1) is 21.4. The predicted octanol–water partition coefficient (Wildman–Crippen LogP) is 4.09. The van der Waals surface area contributed by atoms with Crippen LogP contribution in [0.2, 0.25) is 10.0 Å². The first-order valence-electron chi connectivity index (χ1n) is 15.2. The van der Waals surface area contributed by atoms with Crippen LogP contribution >= 0.6 is 31.4 Å². The highest BCUT2D eigenvalue weighted by Gasteiger charge is 2.27. The summed E-state index contributed by atoms with van der Waals surface area (Å²) >= 11 is 12.9. The highest BCUT2D eigenvalue weighted by molar-refractivity contribution is 7.60. The Morgan fingerprint density at radius 1 is 0.932 bits per heavy atom. The van der Waals surface area contributed by atoms with Gasteiger partial charge < -0.3 is 35.1 Å². The number of hydrogen-bond donors (Lipinski definition) is 4. The second-order valence-electron chi connectivity index (χ2n) is 10.6. The minimum absolute atomic E-state index is 0.164. The van der Waals surface area contributed by atoms with E-state index in [-0.39, 0.29) is 11.9 Å². The molecule has 0 saturated carbocycles. The molecule has 0 fully saturated rings. The number of hydrogen-bond acceptors (Lipinski definition) is 8. The fourth-order valence-electron chi connectivity index (χ4n) is 4.85. The van der Waals surface area contributed by atoms with Gasteiger partial charge in [0.1, 0.15) is 0 Å². The van der Waals surface area contributed by atoms with E-state index < -0.39 is 8.15 Å². The van der Waals surface area contributed by atoms with Crippen molar-refractivity contribution < 1.29 is 23.6 Å². The van der Waals surface area contributed by atoms with Crippen molar-refractivity contribution in [1.29, 1.82) is 0 Å². The number of amides is 2. The van der Waals surface area contributed by atoms with E-state index in [0.717, 1.165) is 48.4 Å². The van der Waals surface area contributed by atoms with Crippen LogP contribution < -0.4 is 26.7 Å². The number of unbranched alkanes of at least 4 members (excludes halogenated alkanes) is 1. The highest BCUT2D eigenvalue weighted by Crippen LogP contribution is 2.39. The molecule has 1 aliphatic rings. The smallest absolute Gasteiger partial charge is 0.314 e. The van der Waals surface area contributed by atoms with Crippen molar-refractivity contribution in [3.05, 3.63) is 63.1 Å². The SMILES string of the molecule is CNCCCCNC(=O)NCCOCCOCCOCCNOP(C)c1cccc(C2CN(C)Cc3c(Cl)cc(Cl)cc32)c1. The minimum Gasteiger partial charge on any atom is -0.378 e. The molecule has 2 unspecified atom stereocenters. The van der Waals surface area contributed by atoms with E-state index in [2.05, 4.69) is 70.4 Å². The summed E-state index contributed by atoms with van der Waals surface area (Å²) in [4.78, 5) is 13.9. The van der Waals surface area contributed by atoms with Gasteiger partial charge in [0.2, 0.25) is 0 Å². The van der Waals surface area contributed by atoms with Crippen molar-refractivity contribution in [3.8, 4) is 0 Å². The summed E-state index contributed by atoms with van der Waals surface area (Å²) in [5.74, 6) is 0.191. The number of ether oxygens (including phenoxy) is 3. The van der Waals surface area contributed by atoms with Crippen LogP contribution in [-0.4, -0.2) is 104 Å². The Morgan fingerprint density at radius 2 is 1.61 bits per heavy atom. The van der Waals surface area contributed by atoms with Crippen molar-refractivity contribution in [3.63, 3.8) is 0 Å². The van der Waals surface area contributed by atoms with Gasteiger partial charge in [0.05, 0.1) is 47.8 Å². The molecule has 246 valence electrons. The largest absolute Gasteiger partial charge is 0.378 e. The zero-order chi connectivity index (χ0) is 31.6. The number of urea groups is 1. The van der Waals surface area contributed by atoms with E-state index in [1.54, 1.807) is 0 Å². The highest BCUT2D eigenvalue weighted by atomic mass is 35.5. The summed E-state index contributed by atoms with van der Waals surface area (Å²) in [6.45, 7) is 9.35. The topological polar surface area (TPSA) is 105 Å². The molecule has 0 saturated heterocycles. The number of benzene rings is 2. The fourth-order valence-corrected chi connectivity index (χ4v) is 6.43. The predicted molar refractivity (Wildman–Crippen MR) is 180 cm³/mol. The molecule has 2 amide bonds. The van der Waals surface area contributed by atoms with E-state index >= 15 is 0 Å². The Labute approximate surface area is 273 Å². The number of rotatable bonds is 21. The summed E-state index contributed by atoms with van der Waals surface area (Å²) < 4.78 is 22.6.